The molecule has 0 atom stereocenters. The van der Waals surface area contributed by atoms with Crippen molar-refractivity contribution in [1.29, 1.82) is 0 Å². The molecule has 0 aliphatic rings. The zero-order valence-electron chi connectivity index (χ0n) is 18.3. The van der Waals surface area contributed by atoms with Crippen LogP contribution < -0.4 is 15.0 Å². The van der Waals surface area contributed by atoms with Crippen LogP contribution in [0.2, 0.25) is 0 Å². The first kappa shape index (κ1) is 21.8. The van der Waals surface area contributed by atoms with Crippen molar-refractivity contribution in [2.75, 3.05) is 17.3 Å². The van der Waals surface area contributed by atoms with E-state index in [1.54, 1.807) is 54.7 Å². The molecule has 166 valence electrons. The summed E-state index contributed by atoms with van der Waals surface area (Å²) < 4.78 is 6.65. The first-order valence-electron chi connectivity index (χ1n) is 10.3. The molecule has 0 bridgehead atoms. The largest absolute Gasteiger partial charge is 0.479 e. The molecule has 8 heteroatoms. The first-order chi connectivity index (χ1) is 16.0. The van der Waals surface area contributed by atoms with Gasteiger partial charge in [0, 0.05) is 30.7 Å². The Hall–Kier alpha value is -4.46. The van der Waals surface area contributed by atoms with Gasteiger partial charge >= 0.3 is 0 Å². The van der Waals surface area contributed by atoms with Crippen molar-refractivity contribution in [3.05, 3.63) is 102 Å². The van der Waals surface area contributed by atoms with Gasteiger partial charge in [-0.2, -0.15) is 0 Å². The maximum Gasteiger partial charge on any atom is 0.262 e. The SMILES string of the molecule is COc1nn(C)cc1C(=O)Nc1ccc(C(=O)N(Cc2ccccc2)c2ccccn2)cc1. The molecule has 0 aliphatic carbocycles. The number of aromatic nitrogens is 3. The van der Waals surface area contributed by atoms with Gasteiger partial charge < -0.3 is 10.1 Å². The molecule has 0 spiro atoms. The number of carbonyl (C=O) groups is 2. The van der Waals surface area contributed by atoms with Crippen molar-refractivity contribution in [3.63, 3.8) is 0 Å². The summed E-state index contributed by atoms with van der Waals surface area (Å²) in [4.78, 5) is 31.9. The Bertz CT molecular complexity index is 1240. The summed E-state index contributed by atoms with van der Waals surface area (Å²) in [5, 5.41) is 6.89. The quantitative estimate of drug-likeness (QED) is 0.470. The Balaban J connectivity index is 1.53. The molecule has 0 saturated heterocycles. The van der Waals surface area contributed by atoms with Crippen LogP contribution in [0.1, 0.15) is 26.3 Å². The molecule has 4 rings (SSSR count). The second kappa shape index (κ2) is 9.78. The maximum absolute atomic E-state index is 13.4. The zero-order valence-corrected chi connectivity index (χ0v) is 18.3. The van der Waals surface area contributed by atoms with E-state index in [4.69, 9.17) is 4.74 Å². The van der Waals surface area contributed by atoms with Gasteiger partial charge in [-0.15, -0.1) is 5.10 Å². The molecule has 4 aromatic rings. The van der Waals surface area contributed by atoms with Crippen molar-refractivity contribution in [2.45, 2.75) is 6.54 Å². The Morgan fingerprint density at radius 1 is 1.00 bits per heavy atom. The fraction of sp³-hybridized carbons (Fsp3) is 0.120. The van der Waals surface area contributed by atoms with Crippen molar-refractivity contribution < 1.29 is 14.3 Å². The summed E-state index contributed by atoms with van der Waals surface area (Å²) in [5.74, 6) is 0.267. The molecule has 2 aromatic heterocycles. The van der Waals surface area contributed by atoms with Crippen LogP contribution in [0, 0.1) is 0 Å². The summed E-state index contributed by atoms with van der Waals surface area (Å²) in [6.07, 6.45) is 3.24. The van der Waals surface area contributed by atoms with Gasteiger partial charge in [0.15, 0.2) is 0 Å². The number of hydrogen-bond acceptors (Lipinski definition) is 5. The fourth-order valence-corrected chi connectivity index (χ4v) is 3.36. The van der Waals surface area contributed by atoms with Crippen LogP contribution >= 0.6 is 0 Å². The minimum absolute atomic E-state index is 0.190. The summed E-state index contributed by atoms with van der Waals surface area (Å²) in [5.41, 5.74) is 2.35. The number of benzene rings is 2. The molecular formula is C25H23N5O3. The number of rotatable bonds is 7. The summed E-state index contributed by atoms with van der Waals surface area (Å²) in [6, 6.07) is 21.9. The number of pyridine rings is 1. The standard InChI is InChI=1S/C25H23N5O3/c1-29-17-21(24(28-29)33-2)23(31)27-20-13-11-19(12-14-20)25(32)30(22-10-6-7-15-26-22)16-18-8-4-3-5-9-18/h3-15,17H,16H2,1-2H3,(H,27,31). The molecule has 2 heterocycles. The molecule has 0 radical (unpaired) electrons. The van der Waals surface area contributed by atoms with E-state index in [2.05, 4.69) is 15.4 Å². The third kappa shape index (κ3) is 5.07. The Morgan fingerprint density at radius 2 is 1.73 bits per heavy atom. The van der Waals surface area contributed by atoms with E-state index in [1.807, 2.05) is 42.5 Å². The molecule has 2 amide bonds. The van der Waals surface area contributed by atoms with Gasteiger partial charge in [-0.05, 0) is 42.0 Å². The molecular weight excluding hydrogens is 418 g/mol. The van der Waals surface area contributed by atoms with Crippen LogP contribution in [-0.4, -0.2) is 33.7 Å². The van der Waals surface area contributed by atoms with E-state index in [1.165, 1.54) is 11.8 Å². The first-order valence-corrected chi connectivity index (χ1v) is 10.3. The Labute approximate surface area is 191 Å². The topological polar surface area (TPSA) is 89.3 Å². The predicted octanol–water partition coefficient (Wildman–Crippen LogP) is 3.92. The molecule has 8 nitrogen and oxygen atoms in total. The number of ether oxygens (including phenoxy) is 1. The van der Waals surface area contributed by atoms with Crippen LogP contribution in [0.15, 0.2) is 85.2 Å². The highest BCUT2D eigenvalue weighted by atomic mass is 16.5. The van der Waals surface area contributed by atoms with E-state index in [-0.39, 0.29) is 17.7 Å². The molecule has 33 heavy (non-hydrogen) atoms. The number of nitrogens with zero attached hydrogens (tertiary/aromatic N) is 4. The second-order valence-corrected chi connectivity index (χ2v) is 7.32. The number of methoxy groups -OCH3 is 1. The van der Waals surface area contributed by atoms with Crippen LogP contribution in [0.25, 0.3) is 0 Å². The molecule has 2 aromatic carbocycles. The minimum atomic E-state index is -0.349. The highest BCUT2D eigenvalue weighted by Crippen LogP contribution is 2.21. The number of aryl methyl sites for hydroxylation is 1. The maximum atomic E-state index is 13.4. The Morgan fingerprint density at radius 3 is 2.39 bits per heavy atom. The fourth-order valence-electron chi connectivity index (χ4n) is 3.36. The van der Waals surface area contributed by atoms with Crippen LogP contribution in [-0.2, 0) is 13.6 Å². The van der Waals surface area contributed by atoms with Crippen LogP contribution in [0.3, 0.4) is 0 Å². The van der Waals surface area contributed by atoms with Gasteiger partial charge in [0.2, 0.25) is 5.88 Å². The van der Waals surface area contributed by atoms with Crippen molar-refractivity contribution in [1.82, 2.24) is 14.8 Å². The predicted molar refractivity (Wildman–Crippen MR) is 125 cm³/mol. The van der Waals surface area contributed by atoms with Crippen LogP contribution in [0.4, 0.5) is 11.5 Å². The van der Waals surface area contributed by atoms with Gasteiger partial charge in [0.1, 0.15) is 11.4 Å². The van der Waals surface area contributed by atoms with Gasteiger partial charge in [0.05, 0.1) is 13.7 Å². The monoisotopic (exact) mass is 441 g/mol. The van der Waals surface area contributed by atoms with E-state index >= 15 is 0 Å². The lowest BCUT2D eigenvalue weighted by atomic mass is 10.1. The van der Waals surface area contributed by atoms with Gasteiger partial charge in [0.25, 0.3) is 11.8 Å². The lowest BCUT2D eigenvalue weighted by molar-refractivity contribution is 0.0983. The molecule has 0 saturated carbocycles. The number of amides is 2. The van der Waals surface area contributed by atoms with Gasteiger partial charge in [-0.1, -0.05) is 36.4 Å². The Kier molecular flexibility index (Phi) is 6.45. The molecule has 1 N–H and O–H groups in total. The summed E-state index contributed by atoms with van der Waals surface area (Å²) >= 11 is 0. The third-order valence-corrected chi connectivity index (χ3v) is 4.98. The van der Waals surface area contributed by atoms with E-state index in [9.17, 15) is 9.59 Å². The average Bonchev–Trinajstić information content (AvgIpc) is 3.25. The van der Waals surface area contributed by atoms with Crippen molar-refractivity contribution in [2.24, 2.45) is 7.05 Å². The smallest absolute Gasteiger partial charge is 0.262 e. The second-order valence-electron chi connectivity index (χ2n) is 7.32. The van der Waals surface area contributed by atoms with E-state index in [0.29, 0.717) is 29.2 Å². The summed E-state index contributed by atoms with van der Waals surface area (Å²) in [7, 11) is 3.17. The normalized spacial score (nSPS) is 10.5. The zero-order chi connectivity index (χ0) is 23.2. The van der Waals surface area contributed by atoms with Gasteiger partial charge in [-0.3, -0.25) is 19.2 Å². The molecule has 0 fully saturated rings. The molecule has 0 unspecified atom stereocenters. The molecule has 0 aliphatic heterocycles. The number of nitrogens with one attached hydrogen (secondary N) is 1. The van der Waals surface area contributed by atoms with Crippen molar-refractivity contribution in [3.8, 4) is 5.88 Å². The average molecular weight is 441 g/mol. The lowest BCUT2D eigenvalue weighted by Crippen LogP contribution is -2.31. The summed E-state index contributed by atoms with van der Waals surface area (Å²) in [6.45, 7) is 0.385. The lowest BCUT2D eigenvalue weighted by Gasteiger charge is -2.22. The van der Waals surface area contributed by atoms with Crippen LogP contribution in [0.5, 0.6) is 5.88 Å². The number of anilines is 2. The third-order valence-electron chi connectivity index (χ3n) is 4.98. The minimum Gasteiger partial charge on any atom is -0.479 e. The highest BCUT2D eigenvalue weighted by molar-refractivity contribution is 6.07. The number of hydrogen-bond donors (Lipinski definition) is 1. The van der Waals surface area contributed by atoms with Gasteiger partial charge in [-0.25, -0.2) is 4.98 Å². The van der Waals surface area contributed by atoms with E-state index < -0.39 is 0 Å². The highest BCUT2D eigenvalue weighted by Gasteiger charge is 2.20. The number of carbonyl (C=O) groups excluding carboxylic acids is 2. The van der Waals surface area contributed by atoms with E-state index in [0.717, 1.165) is 5.56 Å². The van der Waals surface area contributed by atoms with Crippen molar-refractivity contribution >= 4 is 23.3 Å².